The first-order valence-corrected chi connectivity index (χ1v) is 7.93. The molecule has 1 unspecified atom stereocenters. The molecule has 0 aliphatic heterocycles. The number of hydrogen-bond donors (Lipinski definition) is 2. The molecular weight excluding hydrogens is 264 g/mol. The summed E-state index contributed by atoms with van der Waals surface area (Å²) < 4.78 is 22.9. The van der Waals surface area contributed by atoms with Crippen LogP contribution >= 0.6 is 0 Å². The molecule has 0 saturated heterocycles. The number of rotatable bonds is 7. The number of anilines is 1. The molecule has 0 spiro atoms. The van der Waals surface area contributed by atoms with E-state index >= 15 is 0 Å². The predicted molar refractivity (Wildman–Crippen MR) is 76.1 cm³/mol. The van der Waals surface area contributed by atoms with Crippen LogP contribution in [0.3, 0.4) is 0 Å². The Kier molecular flexibility index (Phi) is 5.98. The number of carbonyl (C=O) groups excluding carboxylic acids is 1. The molecule has 1 aromatic carbocycles. The van der Waals surface area contributed by atoms with Gasteiger partial charge in [-0.1, -0.05) is 44.4 Å². The van der Waals surface area contributed by atoms with E-state index in [4.69, 9.17) is 5.14 Å². The number of primary sulfonamides is 1. The van der Waals surface area contributed by atoms with Gasteiger partial charge in [-0.15, -0.1) is 0 Å². The third-order valence-electron chi connectivity index (χ3n) is 2.80. The number of nitrogens with two attached hydrogens (primary N) is 1. The Morgan fingerprint density at radius 2 is 1.89 bits per heavy atom. The van der Waals surface area contributed by atoms with Crippen molar-refractivity contribution < 1.29 is 13.2 Å². The molecule has 5 nitrogen and oxygen atoms in total. The van der Waals surface area contributed by atoms with Crippen molar-refractivity contribution in [1.29, 1.82) is 0 Å². The molecule has 1 amide bonds. The van der Waals surface area contributed by atoms with Gasteiger partial charge in [0.15, 0.2) is 5.25 Å². The molecule has 0 aromatic heterocycles. The van der Waals surface area contributed by atoms with Crippen molar-refractivity contribution in [2.24, 2.45) is 5.14 Å². The molecule has 0 aliphatic carbocycles. The van der Waals surface area contributed by atoms with Crippen molar-refractivity contribution >= 4 is 21.6 Å². The molecule has 19 heavy (non-hydrogen) atoms. The molecule has 0 heterocycles. The third-order valence-corrected chi connectivity index (χ3v) is 4.04. The Balaban J connectivity index is 2.72. The third kappa shape index (κ3) is 5.40. The lowest BCUT2D eigenvalue weighted by atomic mass is 10.1. The van der Waals surface area contributed by atoms with E-state index in [1.807, 2.05) is 13.0 Å². The number of benzene rings is 1. The van der Waals surface area contributed by atoms with Crippen LogP contribution in [0.1, 0.15) is 32.6 Å². The van der Waals surface area contributed by atoms with E-state index in [0.29, 0.717) is 12.1 Å². The minimum atomic E-state index is -3.88. The fraction of sp³-hybridized carbons (Fsp3) is 0.462. The van der Waals surface area contributed by atoms with Gasteiger partial charge in [-0.2, -0.15) is 0 Å². The van der Waals surface area contributed by atoms with Crippen LogP contribution in [0.25, 0.3) is 0 Å². The highest BCUT2D eigenvalue weighted by atomic mass is 32.2. The Hall–Kier alpha value is -1.40. The van der Waals surface area contributed by atoms with Gasteiger partial charge in [0.2, 0.25) is 15.9 Å². The standard InChI is InChI=1S/C13H20N2O3S/c1-2-3-5-10-12(19(14,17)18)13(16)15-11-8-6-4-7-9-11/h4,6-9,12H,2-3,5,10H2,1H3,(H,15,16)(H2,14,17,18). The summed E-state index contributed by atoms with van der Waals surface area (Å²) in [6, 6.07) is 8.74. The zero-order valence-corrected chi connectivity index (χ0v) is 11.8. The van der Waals surface area contributed by atoms with Gasteiger partial charge in [0.25, 0.3) is 0 Å². The second kappa shape index (κ2) is 7.25. The van der Waals surface area contributed by atoms with Gasteiger partial charge in [-0.05, 0) is 18.6 Å². The van der Waals surface area contributed by atoms with Gasteiger partial charge in [0, 0.05) is 5.69 Å². The minimum Gasteiger partial charge on any atom is -0.325 e. The maximum Gasteiger partial charge on any atom is 0.244 e. The van der Waals surface area contributed by atoms with Crippen LogP contribution in [-0.2, 0) is 14.8 Å². The minimum absolute atomic E-state index is 0.255. The Labute approximate surface area is 114 Å². The number of nitrogens with one attached hydrogen (secondary N) is 1. The first kappa shape index (κ1) is 15.7. The van der Waals surface area contributed by atoms with Gasteiger partial charge in [0.1, 0.15) is 0 Å². The van der Waals surface area contributed by atoms with Crippen molar-refractivity contribution in [3.05, 3.63) is 30.3 Å². The molecule has 0 aliphatic rings. The van der Waals surface area contributed by atoms with E-state index in [1.54, 1.807) is 24.3 Å². The topological polar surface area (TPSA) is 89.3 Å². The van der Waals surface area contributed by atoms with Crippen LogP contribution in [0.5, 0.6) is 0 Å². The lowest BCUT2D eigenvalue weighted by Crippen LogP contribution is -2.39. The van der Waals surface area contributed by atoms with E-state index in [-0.39, 0.29) is 6.42 Å². The van der Waals surface area contributed by atoms with Crippen LogP contribution < -0.4 is 10.5 Å². The number of sulfonamides is 1. The van der Waals surface area contributed by atoms with Gasteiger partial charge >= 0.3 is 0 Å². The smallest absolute Gasteiger partial charge is 0.244 e. The van der Waals surface area contributed by atoms with Crippen LogP contribution in [0.15, 0.2) is 30.3 Å². The predicted octanol–water partition coefficient (Wildman–Crippen LogP) is 1.86. The summed E-state index contributed by atoms with van der Waals surface area (Å²) in [5.74, 6) is -0.565. The van der Waals surface area contributed by atoms with Crippen molar-refractivity contribution in [2.75, 3.05) is 5.32 Å². The average Bonchev–Trinajstić information content (AvgIpc) is 2.34. The summed E-state index contributed by atoms with van der Waals surface area (Å²) in [6.07, 6.45) is 2.76. The van der Waals surface area contributed by atoms with E-state index in [1.165, 1.54) is 0 Å². The zero-order chi connectivity index (χ0) is 14.3. The summed E-state index contributed by atoms with van der Waals surface area (Å²) in [7, 11) is -3.88. The lowest BCUT2D eigenvalue weighted by Gasteiger charge is -2.14. The Bertz CT molecular complexity index is 500. The Morgan fingerprint density at radius 3 is 2.42 bits per heavy atom. The molecule has 1 atom stereocenters. The highest BCUT2D eigenvalue weighted by Crippen LogP contribution is 2.13. The quantitative estimate of drug-likeness (QED) is 0.749. The van der Waals surface area contributed by atoms with Crippen LogP contribution in [-0.4, -0.2) is 19.6 Å². The molecule has 1 aromatic rings. The molecule has 0 radical (unpaired) electrons. The normalized spacial score (nSPS) is 12.9. The van der Waals surface area contributed by atoms with E-state index in [2.05, 4.69) is 5.32 Å². The second-order valence-corrected chi connectivity index (χ2v) is 6.18. The highest BCUT2D eigenvalue weighted by molar-refractivity contribution is 7.90. The van der Waals surface area contributed by atoms with Crippen molar-refractivity contribution in [2.45, 2.75) is 37.9 Å². The maximum atomic E-state index is 12.0. The van der Waals surface area contributed by atoms with Gasteiger partial charge in [-0.25, -0.2) is 13.6 Å². The average molecular weight is 284 g/mol. The molecule has 0 bridgehead atoms. The van der Waals surface area contributed by atoms with Crippen molar-refractivity contribution in [3.8, 4) is 0 Å². The largest absolute Gasteiger partial charge is 0.325 e. The van der Waals surface area contributed by atoms with Crippen molar-refractivity contribution in [1.82, 2.24) is 0 Å². The molecule has 106 valence electrons. The summed E-state index contributed by atoms with van der Waals surface area (Å²) in [5.41, 5.74) is 0.566. The number of amides is 1. The van der Waals surface area contributed by atoms with Crippen LogP contribution in [0.4, 0.5) is 5.69 Å². The Morgan fingerprint density at radius 1 is 1.26 bits per heavy atom. The monoisotopic (exact) mass is 284 g/mol. The van der Waals surface area contributed by atoms with E-state index in [0.717, 1.165) is 12.8 Å². The fourth-order valence-electron chi connectivity index (χ4n) is 1.77. The van der Waals surface area contributed by atoms with Crippen molar-refractivity contribution in [3.63, 3.8) is 0 Å². The molecule has 0 fully saturated rings. The number of unbranched alkanes of at least 4 members (excludes halogenated alkanes) is 2. The number of para-hydroxylation sites is 1. The summed E-state index contributed by atoms with van der Waals surface area (Å²) in [5, 5.41) is 6.52. The van der Waals surface area contributed by atoms with Gasteiger partial charge in [0.05, 0.1) is 0 Å². The van der Waals surface area contributed by atoms with Crippen LogP contribution in [0, 0.1) is 0 Å². The first-order chi connectivity index (χ1) is 8.95. The fourth-order valence-corrected chi connectivity index (χ4v) is 2.62. The van der Waals surface area contributed by atoms with E-state index in [9.17, 15) is 13.2 Å². The molecule has 0 saturated carbocycles. The lowest BCUT2D eigenvalue weighted by molar-refractivity contribution is -0.116. The zero-order valence-electron chi connectivity index (χ0n) is 11.0. The number of hydrogen-bond acceptors (Lipinski definition) is 3. The SMILES string of the molecule is CCCCCC(C(=O)Nc1ccccc1)S(N)(=O)=O. The highest BCUT2D eigenvalue weighted by Gasteiger charge is 2.28. The van der Waals surface area contributed by atoms with Gasteiger partial charge < -0.3 is 5.32 Å². The van der Waals surface area contributed by atoms with E-state index < -0.39 is 21.2 Å². The summed E-state index contributed by atoms with van der Waals surface area (Å²) in [6.45, 7) is 2.01. The van der Waals surface area contributed by atoms with Gasteiger partial charge in [-0.3, -0.25) is 4.79 Å². The maximum absolute atomic E-state index is 12.0. The second-order valence-electron chi connectivity index (χ2n) is 4.43. The molecule has 3 N–H and O–H groups in total. The molecule has 1 rings (SSSR count). The van der Waals surface area contributed by atoms with Crippen LogP contribution in [0.2, 0.25) is 0 Å². The summed E-state index contributed by atoms with van der Waals surface area (Å²) >= 11 is 0. The first-order valence-electron chi connectivity index (χ1n) is 6.32. The molecule has 6 heteroatoms. The summed E-state index contributed by atoms with van der Waals surface area (Å²) in [4.78, 5) is 12.0. The number of carbonyl (C=O) groups is 1. The molecular formula is C13H20N2O3S.